The van der Waals surface area contributed by atoms with Crippen molar-refractivity contribution in [2.45, 2.75) is 106 Å². The fourth-order valence-corrected chi connectivity index (χ4v) is 1.52. The Hall–Kier alpha value is -0.0400. The van der Waals surface area contributed by atoms with Crippen LogP contribution in [0.5, 0.6) is 0 Å². The quantitative estimate of drug-likeness (QED) is 0.494. The van der Waals surface area contributed by atoms with Gasteiger partial charge in [0.2, 0.25) is 0 Å². The summed E-state index contributed by atoms with van der Waals surface area (Å²) in [6.07, 6.45) is 8.47. The van der Waals surface area contributed by atoms with Gasteiger partial charge in [-0.2, -0.15) is 0 Å². The summed E-state index contributed by atoms with van der Waals surface area (Å²) >= 11 is 0. The van der Waals surface area contributed by atoms with Gasteiger partial charge in [0.05, 0.1) is 12.2 Å². The molecule has 1 nitrogen and oxygen atoms in total. The molecule has 17 heavy (non-hydrogen) atoms. The van der Waals surface area contributed by atoms with Gasteiger partial charge in [-0.3, -0.25) is 0 Å². The maximum absolute atomic E-state index is 5.85. The van der Waals surface area contributed by atoms with E-state index in [1.807, 2.05) is 27.7 Å². The van der Waals surface area contributed by atoms with Crippen molar-refractivity contribution in [1.82, 2.24) is 0 Å². The zero-order chi connectivity index (χ0) is 14.1. The number of ether oxygens (including phenoxy) is 1. The van der Waals surface area contributed by atoms with Gasteiger partial charge in [-0.1, -0.05) is 67.2 Å². The Morgan fingerprint density at radius 3 is 1.24 bits per heavy atom. The van der Waals surface area contributed by atoms with Crippen molar-refractivity contribution in [3.8, 4) is 0 Å². The van der Waals surface area contributed by atoms with E-state index in [-0.39, 0.29) is 0 Å². The fourth-order valence-electron chi connectivity index (χ4n) is 1.52. The van der Waals surface area contributed by atoms with Crippen LogP contribution >= 0.6 is 0 Å². The molecule has 1 heteroatoms. The van der Waals surface area contributed by atoms with Gasteiger partial charge >= 0.3 is 0 Å². The van der Waals surface area contributed by atoms with Crippen LogP contribution in [0.15, 0.2) is 0 Å². The second-order valence-corrected chi connectivity index (χ2v) is 4.04. The molecular formula is C16H38O. The van der Waals surface area contributed by atoms with Crippen molar-refractivity contribution in [3.63, 3.8) is 0 Å². The average Bonchev–Trinajstić information content (AvgIpc) is 2.38. The number of hydrogen-bond donors (Lipinski definition) is 0. The molecule has 0 aliphatic carbocycles. The third-order valence-electron chi connectivity index (χ3n) is 2.39. The summed E-state index contributed by atoms with van der Waals surface area (Å²) < 4.78 is 5.85. The van der Waals surface area contributed by atoms with Gasteiger partial charge < -0.3 is 4.74 Å². The van der Waals surface area contributed by atoms with Crippen LogP contribution in [0.25, 0.3) is 0 Å². The lowest BCUT2D eigenvalue weighted by Gasteiger charge is -2.18. The van der Waals surface area contributed by atoms with E-state index in [1.54, 1.807) is 0 Å². The van der Waals surface area contributed by atoms with Crippen molar-refractivity contribution in [2.24, 2.45) is 0 Å². The molecule has 0 radical (unpaired) electrons. The number of hydrogen-bond acceptors (Lipinski definition) is 1. The Bertz CT molecular complexity index is 89.7. The molecule has 0 saturated heterocycles. The largest absolute Gasteiger partial charge is 0.376 e. The Labute approximate surface area is 111 Å². The van der Waals surface area contributed by atoms with Gasteiger partial charge in [0, 0.05) is 0 Å². The van der Waals surface area contributed by atoms with E-state index in [9.17, 15) is 0 Å². The molecule has 2 atom stereocenters. The van der Waals surface area contributed by atoms with E-state index < -0.39 is 0 Å². The second-order valence-electron chi connectivity index (χ2n) is 4.04. The molecule has 0 amide bonds. The van der Waals surface area contributed by atoms with Gasteiger partial charge in [0.25, 0.3) is 0 Å². The second kappa shape index (κ2) is 21.3. The summed E-state index contributed by atoms with van der Waals surface area (Å²) in [6, 6.07) is 0. The van der Waals surface area contributed by atoms with Crippen LogP contribution in [0, 0.1) is 0 Å². The van der Waals surface area contributed by atoms with Crippen molar-refractivity contribution in [1.29, 1.82) is 0 Å². The normalized spacial score (nSPS) is 12.7. The molecule has 0 aromatic rings. The molecule has 0 bridgehead atoms. The smallest absolute Gasteiger partial charge is 0.0550 e. The summed E-state index contributed by atoms with van der Waals surface area (Å²) in [4.78, 5) is 0. The standard InChI is InChI=1S/C12H26O.2C2H6/c1-5-7-9-11(3)13-12(4)10-8-6-2;2*1-2/h11-12H,5-10H2,1-4H3;2*1-2H3. The van der Waals surface area contributed by atoms with E-state index in [2.05, 4.69) is 27.7 Å². The Kier molecular flexibility index (Phi) is 27.7. The van der Waals surface area contributed by atoms with Crippen LogP contribution in [0.2, 0.25) is 0 Å². The van der Waals surface area contributed by atoms with E-state index in [4.69, 9.17) is 4.74 Å². The Morgan fingerprint density at radius 1 is 0.706 bits per heavy atom. The summed E-state index contributed by atoms with van der Waals surface area (Å²) in [5.74, 6) is 0. The fraction of sp³-hybridized carbons (Fsp3) is 1.00. The predicted octanol–water partition coefficient (Wildman–Crippen LogP) is 6.21. The Balaban J connectivity index is -0.000000439. The van der Waals surface area contributed by atoms with Crippen molar-refractivity contribution < 1.29 is 4.74 Å². The van der Waals surface area contributed by atoms with Crippen LogP contribution in [0.1, 0.15) is 93.9 Å². The van der Waals surface area contributed by atoms with Crippen LogP contribution in [-0.2, 0) is 4.74 Å². The average molecular weight is 246 g/mol. The molecule has 0 aliphatic rings. The highest BCUT2D eigenvalue weighted by molar-refractivity contribution is 4.56. The Morgan fingerprint density at radius 2 is 1.00 bits per heavy atom. The van der Waals surface area contributed by atoms with Gasteiger partial charge in [-0.15, -0.1) is 0 Å². The van der Waals surface area contributed by atoms with Crippen LogP contribution in [0.3, 0.4) is 0 Å². The summed E-state index contributed by atoms with van der Waals surface area (Å²) in [5, 5.41) is 0. The van der Waals surface area contributed by atoms with Gasteiger partial charge in [0.1, 0.15) is 0 Å². The molecule has 108 valence electrons. The highest BCUT2D eigenvalue weighted by Gasteiger charge is 2.07. The SMILES string of the molecule is CC.CC.CCCCC(C)OC(C)CCCC. The maximum Gasteiger partial charge on any atom is 0.0550 e. The topological polar surface area (TPSA) is 9.23 Å². The lowest BCUT2D eigenvalue weighted by atomic mass is 10.1. The van der Waals surface area contributed by atoms with Crippen LogP contribution in [0.4, 0.5) is 0 Å². The summed E-state index contributed by atoms with van der Waals surface area (Å²) in [5.41, 5.74) is 0. The molecule has 0 aliphatic heterocycles. The third kappa shape index (κ3) is 21.7. The van der Waals surface area contributed by atoms with E-state index in [1.165, 1.54) is 38.5 Å². The first-order valence-corrected chi connectivity index (χ1v) is 7.86. The van der Waals surface area contributed by atoms with E-state index in [0.717, 1.165) is 0 Å². The molecule has 0 heterocycles. The first kappa shape index (κ1) is 22.2. The minimum Gasteiger partial charge on any atom is -0.376 e. The first-order chi connectivity index (χ1) is 8.20. The zero-order valence-electron chi connectivity index (χ0n) is 13.8. The highest BCUT2D eigenvalue weighted by atomic mass is 16.5. The molecule has 0 aromatic heterocycles. The zero-order valence-corrected chi connectivity index (χ0v) is 13.8. The van der Waals surface area contributed by atoms with E-state index in [0.29, 0.717) is 12.2 Å². The van der Waals surface area contributed by atoms with Gasteiger partial charge in [-0.25, -0.2) is 0 Å². The summed E-state index contributed by atoms with van der Waals surface area (Å²) in [7, 11) is 0. The van der Waals surface area contributed by atoms with Crippen LogP contribution in [-0.4, -0.2) is 12.2 Å². The number of rotatable bonds is 8. The summed E-state index contributed by atoms with van der Waals surface area (Å²) in [6.45, 7) is 16.8. The molecular weight excluding hydrogens is 208 g/mol. The van der Waals surface area contributed by atoms with Gasteiger partial charge in [-0.05, 0) is 26.7 Å². The lowest BCUT2D eigenvalue weighted by Crippen LogP contribution is -2.16. The molecule has 0 rings (SSSR count). The molecule has 0 aromatic carbocycles. The number of unbranched alkanes of at least 4 members (excludes halogenated alkanes) is 2. The maximum atomic E-state index is 5.85. The minimum atomic E-state index is 0.451. The van der Waals surface area contributed by atoms with Gasteiger partial charge in [0.15, 0.2) is 0 Å². The lowest BCUT2D eigenvalue weighted by molar-refractivity contribution is -0.00188. The molecule has 0 saturated carbocycles. The van der Waals surface area contributed by atoms with E-state index >= 15 is 0 Å². The molecule has 0 fully saturated rings. The van der Waals surface area contributed by atoms with Crippen molar-refractivity contribution in [3.05, 3.63) is 0 Å². The van der Waals surface area contributed by atoms with Crippen molar-refractivity contribution in [2.75, 3.05) is 0 Å². The minimum absolute atomic E-state index is 0.451. The molecule has 0 N–H and O–H groups in total. The predicted molar refractivity (Wildman–Crippen MR) is 81.8 cm³/mol. The monoisotopic (exact) mass is 246 g/mol. The van der Waals surface area contributed by atoms with Crippen molar-refractivity contribution >= 4 is 0 Å². The molecule has 2 unspecified atom stereocenters. The van der Waals surface area contributed by atoms with Crippen LogP contribution < -0.4 is 0 Å². The third-order valence-corrected chi connectivity index (χ3v) is 2.39. The molecule has 0 spiro atoms. The highest BCUT2D eigenvalue weighted by Crippen LogP contribution is 2.10. The first-order valence-electron chi connectivity index (χ1n) is 7.86.